The summed E-state index contributed by atoms with van der Waals surface area (Å²) < 4.78 is 0. The van der Waals surface area contributed by atoms with Crippen molar-refractivity contribution in [2.75, 3.05) is 0 Å². The van der Waals surface area contributed by atoms with Crippen LogP contribution < -0.4 is 0 Å². The molecule has 0 aliphatic carbocycles. The predicted octanol–water partition coefficient (Wildman–Crippen LogP) is 2.61. The van der Waals surface area contributed by atoms with Crippen LogP contribution in [0.25, 0.3) is 10.9 Å². The number of hydrogen-bond acceptors (Lipinski definition) is 2. The van der Waals surface area contributed by atoms with Crippen molar-refractivity contribution >= 4 is 10.9 Å². The molecule has 2 heteroatoms. The Morgan fingerprint density at radius 3 is 2.93 bits per heavy atom. The molecule has 1 aromatic carbocycles. The number of benzene rings is 1. The Hall–Kier alpha value is -1.88. The highest BCUT2D eigenvalue weighted by Gasteiger charge is 2.01. The van der Waals surface area contributed by atoms with Gasteiger partial charge in [-0.15, -0.1) is 0 Å². The van der Waals surface area contributed by atoms with Crippen LogP contribution in [0.2, 0.25) is 0 Å². The fourth-order valence-electron chi connectivity index (χ4n) is 1.52. The van der Waals surface area contributed by atoms with Gasteiger partial charge in [0.15, 0.2) is 0 Å². The smallest absolute Gasteiger partial charge is 0.0705 e. The Morgan fingerprint density at radius 1 is 1.36 bits per heavy atom. The second kappa shape index (κ2) is 3.47. The van der Waals surface area contributed by atoms with E-state index < -0.39 is 0 Å². The highest BCUT2D eigenvalue weighted by atomic mass is 14.7. The molecule has 0 fully saturated rings. The first-order chi connectivity index (χ1) is 6.81. The van der Waals surface area contributed by atoms with E-state index in [0.29, 0.717) is 6.42 Å². The van der Waals surface area contributed by atoms with Crippen LogP contribution in [0.4, 0.5) is 0 Å². The van der Waals surface area contributed by atoms with Crippen LogP contribution in [-0.4, -0.2) is 4.98 Å². The average molecular weight is 182 g/mol. The fourth-order valence-corrected chi connectivity index (χ4v) is 1.52. The molecule has 0 radical (unpaired) electrons. The molecule has 1 heterocycles. The molecule has 2 rings (SSSR count). The molecular formula is C12H10N2. The van der Waals surface area contributed by atoms with Gasteiger partial charge < -0.3 is 0 Å². The minimum atomic E-state index is 0.434. The summed E-state index contributed by atoms with van der Waals surface area (Å²) in [4.78, 5) is 4.44. The van der Waals surface area contributed by atoms with Crippen LogP contribution in [0.5, 0.6) is 0 Å². The third-order valence-corrected chi connectivity index (χ3v) is 2.29. The first-order valence-electron chi connectivity index (χ1n) is 4.53. The van der Waals surface area contributed by atoms with Gasteiger partial charge in [-0.3, -0.25) is 4.98 Å². The van der Waals surface area contributed by atoms with Gasteiger partial charge in [0.05, 0.1) is 18.0 Å². The zero-order chi connectivity index (χ0) is 9.97. The molecular weight excluding hydrogens is 172 g/mol. The summed E-state index contributed by atoms with van der Waals surface area (Å²) >= 11 is 0. The highest BCUT2D eigenvalue weighted by Crippen LogP contribution is 2.16. The quantitative estimate of drug-likeness (QED) is 0.679. The predicted molar refractivity (Wildman–Crippen MR) is 55.8 cm³/mol. The summed E-state index contributed by atoms with van der Waals surface area (Å²) in [5.41, 5.74) is 2.96. The van der Waals surface area contributed by atoms with Gasteiger partial charge in [0, 0.05) is 11.1 Å². The topological polar surface area (TPSA) is 36.7 Å². The average Bonchev–Trinajstić information content (AvgIpc) is 2.19. The van der Waals surface area contributed by atoms with Crippen molar-refractivity contribution in [1.29, 1.82) is 5.26 Å². The third-order valence-electron chi connectivity index (χ3n) is 2.29. The molecule has 0 saturated heterocycles. The number of pyridine rings is 1. The van der Waals surface area contributed by atoms with Gasteiger partial charge >= 0.3 is 0 Å². The lowest BCUT2D eigenvalue weighted by molar-refractivity contribution is 1.14. The van der Waals surface area contributed by atoms with Gasteiger partial charge in [0.2, 0.25) is 0 Å². The Kier molecular flexibility index (Phi) is 2.16. The Labute approximate surface area is 82.8 Å². The van der Waals surface area contributed by atoms with Crippen molar-refractivity contribution in [3.8, 4) is 6.07 Å². The fraction of sp³-hybridized carbons (Fsp3) is 0.167. The monoisotopic (exact) mass is 182 g/mol. The van der Waals surface area contributed by atoms with E-state index in [0.717, 1.165) is 22.2 Å². The van der Waals surface area contributed by atoms with Gasteiger partial charge in [-0.2, -0.15) is 5.26 Å². The number of aromatic nitrogens is 1. The molecule has 0 aliphatic heterocycles. The molecule has 0 spiro atoms. The Morgan fingerprint density at radius 2 is 2.14 bits per heavy atom. The zero-order valence-corrected chi connectivity index (χ0v) is 7.99. The Balaban J connectivity index is 2.66. The summed E-state index contributed by atoms with van der Waals surface area (Å²) in [6.07, 6.45) is 0.434. The summed E-state index contributed by atoms with van der Waals surface area (Å²) in [5, 5.41) is 9.74. The number of aryl methyl sites for hydroxylation is 1. The summed E-state index contributed by atoms with van der Waals surface area (Å²) in [6.45, 7) is 1.94. The van der Waals surface area contributed by atoms with Crippen molar-refractivity contribution in [2.45, 2.75) is 13.3 Å². The molecule has 0 aliphatic rings. The number of para-hydroxylation sites is 1. The number of nitrogens with zero attached hydrogens (tertiary/aromatic N) is 2. The third kappa shape index (κ3) is 1.45. The molecule has 2 nitrogen and oxygen atoms in total. The van der Waals surface area contributed by atoms with E-state index in [-0.39, 0.29) is 0 Å². The first-order valence-corrected chi connectivity index (χ1v) is 4.53. The van der Waals surface area contributed by atoms with Crippen molar-refractivity contribution in [2.24, 2.45) is 0 Å². The lowest BCUT2D eigenvalue weighted by Gasteiger charge is -2.03. The molecule has 0 amide bonds. The van der Waals surface area contributed by atoms with E-state index in [2.05, 4.69) is 11.1 Å². The molecule has 1 aromatic heterocycles. The van der Waals surface area contributed by atoms with Gasteiger partial charge in [-0.25, -0.2) is 0 Å². The normalized spacial score (nSPS) is 10.0. The molecule has 0 bridgehead atoms. The van der Waals surface area contributed by atoms with Gasteiger partial charge in [0.1, 0.15) is 0 Å². The summed E-state index contributed by atoms with van der Waals surface area (Å²) in [5.74, 6) is 0. The molecule has 2 aromatic rings. The molecule has 14 heavy (non-hydrogen) atoms. The van der Waals surface area contributed by atoms with Crippen molar-refractivity contribution in [1.82, 2.24) is 4.98 Å². The Bertz CT molecular complexity index is 509. The SMILES string of the molecule is Cc1nc2ccccc2cc1CC#N. The minimum Gasteiger partial charge on any atom is -0.253 e. The van der Waals surface area contributed by atoms with Gasteiger partial charge in [-0.05, 0) is 24.6 Å². The van der Waals surface area contributed by atoms with Crippen molar-refractivity contribution in [3.63, 3.8) is 0 Å². The second-order valence-electron chi connectivity index (χ2n) is 3.26. The van der Waals surface area contributed by atoms with Crippen LogP contribution in [0.15, 0.2) is 30.3 Å². The highest BCUT2D eigenvalue weighted by molar-refractivity contribution is 5.79. The molecule has 0 atom stereocenters. The van der Waals surface area contributed by atoms with E-state index in [1.165, 1.54) is 0 Å². The maximum Gasteiger partial charge on any atom is 0.0705 e. The maximum atomic E-state index is 8.64. The van der Waals surface area contributed by atoms with Gasteiger partial charge in [0.25, 0.3) is 0 Å². The van der Waals surface area contributed by atoms with Crippen LogP contribution >= 0.6 is 0 Å². The largest absolute Gasteiger partial charge is 0.253 e. The van der Waals surface area contributed by atoms with E-state index in [1.54, 1.807) is 0 Å². The molecule has 0 N–H and O–H groups in total. The molecule has 68 valence electrons. The van der Waals surface area contributed by atoms with E-state index in [9.17, 15) is 0 Å². The zero-order valence-electron chi connectivity index (χ0n) is 7.99. The minimum absolute atomic E-state index is 0.434. The summed E-state index contributed by atoms with van der Waals surface area (Å²) in [6, 6.07) is 12.1. The van der Waals surface area contributed by atoms with E-state index in [1.807, 2.05) is 37.3 Å². The number of hydrogen-bond donors (Lipinski definition) is 0. The van der Waals surface area contributed by atoms with E-state index >= 15 is 0 Å². The first kappa shape index (κ1) is 8.71. The number of fused-ring (bicyclic) bond motifs is 1. The van der Waals surface area contributed by atoms with Crippen molar-refractivity contribution in [3.05, 3.63) is 41.6 Å². The van der Waals surface area contributed by atoms with Crippen LogP contribution in [0, 0.1) is 18.3 Å². The van der Waals surface area contributed by atoms with Crippen LogP contribution in [-0.2, 0) is 6.42 Å². The number of rotatable bonds is 1. The molecule has 0 saturated carbocycles. The van der Waals surface area contributed by atoms with Crippen LogP contribution in [0.3, 0.4) is 0 Å². The van der Waals surface area contributed by atoms with Crippen LogP contribution in [0.1, 0.15) is 11.3 Å². The lowest BCUT2D eigenvalue weighted by Crippen LogP contribution is -1.92. The second-order valence-corrected chi connectivity index (χ2v) is 3.26. The summed E-state index contributed by atoms with van der Waals surface area (Å²) in [7, 11) is 0. The van der Waals surface area contributed by atoms with E-state index in [4.69, 9.17) is 5.26 Å². The molecule has 0 unspecified atom stereocenters. The standard InChI is InChI=1S/C12H10N2/c1-9-10(6-7-13)8-11-4-2-3-5-12(11)14-9/h2-5,8H,6H2,1H3. The van der Waals surface area contributed by atoms with Gasteiger partial charge in [-0.1, -0.05) is 18.2 Å². The number of nitriles is 1. The maximum absolute atomic E-state index is 8.64. The van der Waals surface area contributed by atoms with Crippen molar-refractivity contribution < 1.29 is 0 Å². The lowest BCUT2D eigenvalue weighted by atomic mass is 10.1.